The van der Waals surface area contributed by atoms with Crippen LogP contribution in [0.3, 0.4) is 0 Å². The third kappa shape index (κ3) is 3.84. The van der Waals surface area contributed by atoms with Crippen LogP contribution in [0, 0.1) is 5.82 Å². The predicted molar refractivity (Wildman–Crippen MR) is 112 cm³/mol. The molecule has 0 radical (unpaired) electrons. The number of piperidine rings is 1. The first kappa shape index (κ1) is 20.5. The van der Waals surface area contributed by atoms with Crippen molar-refractivity contribution in [3.05, 3.63) is 78.1 Å². The molecule has 3 aromatic rings. The van der Waals surface area contributed by atoms with Crippen LogP contribution < -0.4 is 10.6 Å². The number of imidazole rings is 1. The molecular formula is C23H21FN4O3. The molecule has 1 aromatic heterocycles. The summed E-state index contributed by atoms with van der Waals surface area (Å²) in [6, 6.07) is 12.8. The summed E-state index contributed by atoms with van der Waals surface area (Å²) in [5.74, 6) is -1.28. The fourth-order valence-corrected chi connectivity index (χ4v) is 3.90. The van der Waals surface area contributed by atoms with Gasteiger partial charge in [0, 0.05) is 17.8 Å². The van der Waals surface area contributed by atoms with Gasteiger partial charge in [0.05, 0.1) is 17.9 Å². The zero-order valence-electron chi connectivity index (χ0n) is 16.9. The lowest BCUT2D eigenvalue weighted by Crippen LogP contribution is -2.51. The summed E-state index contributed by atoms with van der Waals surface area (Å²) in [6.45, 7) is 1.92. The Bertz CT molecular complexity index is 1140. The van der Waals surface area contributed by atoms with Crippen molar-refractivity contribution in [3.63, 3.8) is 0 Å². The van der Waals surface area contributed by atoms with Crippen molar-refractivity contribution >= 4 is 23.4 Å². The van der Waals surface area contributed by atoms with Gasteiger partial charge in [0.15, 0.2) is 0 Å². The number of nitrogens with one attached hydrogen (secondary N) is 2. The van der Waals surface area contributed by atoms with Gasteiger partial charge in [0.25, 0.3) is 5.91 Å². The van der Waals surface area contributed by atoms with Crippen molar-refractivity contribution in [2.24, 2.45) is 0 Å². The topological polar surface area (TPSA) is 93.1 Å². The number of hydrogen-bond acceptors (Lipinski definition) is 4. The Morgan fingerprint density at radius 1 is 1.16 bits per heavy atom. The molecule has 2 aromatic carbocycles. The van der Waals surface area contributed by atoms with Crippen molar-refractivity contribution in [2.45, 2.75) is 31.6 Å². The van der Waals surface area contributed by atoms with Crippen LogP contribution in [-0.4, -0.2) is 27.3 Å². The Hall–Kier alpha value is -3.81. The van der Waals surface area contributed by atoms with Crippen LogP contribution in [0.25, 0.3) is 5.69 Å². The summed E-state index contributed by atoms with van der Waals surface area (Å²) in [6.07, 6.45) is 4.23. The van der Waals surface area contributed by atoms with E-state index >= 15 is 0 Å². The second-order valence-electron chi connectivity index (χ2n) is 7.47. The Balaban J connectivity index is 1.53. The van der Waals surface area contributed by atoms with E-state index in [1.807, 2.05) is 6.92 Å². The van der Waals surface area contributed by atoms with Crippen molar-refractivity contribution in [1.29, 1.82) is 0 Å². The smallest absolute Gasteiger partial charge is 0.274 e. The van der Waals surface area contributed by atoms with Crippen molar-refractivity contribution < 1.29 is 18.8 Å². The first-order valence-electron chi connectivity index (χ1n) is 9.97. The highest BCUT2D eigenvalue weighted by Gasteiger charge is 2.42. The van der Waals surface area contributed by atoms with Gasteiger partial charge < -0.3 is 5.32 Å². The lowest BCUT2D eigenvalue weighted by Gasteiger charge is -2.35. The maximum absolute atomic E-state index is 13.2. The van der Waals surface area contributed by atoms with E-state index in [2.05, 4.69) is 15.6 Å². The molecule has 0 bridgehead atoms. The molecule has 0 aliphatic carbocycles. The van der Waals surface area contributed by atoms with Crippen LogP contribution in [0.1, 0.15) is 42.2 Å². The van der Waals surface area contributed by atoms with E-state index in [1.54, 1.807) is 41.0 Å². The SMILES string of the molecule is CCC1(c2ccc(NC(=O)c3cncn3-c3ccc(F)cc3)cc2)CCC(=O)NC1=O. The monoisotopic (exact) mass is 420 g/mol. The number of carbonyl (C=O) groups excluding carboxylic acids is 3. The van der Waals surface area contributed by atoms with Gasteiger partial charge in [-0.3, -0.25) is 24.3 Å². The van der Waals surface area contributed by atoms with E-state index in [1.165, 1.54) is 24.7 Å². The lowest BCUT2D eigenvalue weighted by atomic mass is 9.72. The maximum Gasteiger partial charge on any atom is 0.274 e. The molecule has 1 saturated heterocycles. The first-order chi connectivity index (χ1) is 14.9. The predicted octanol–water partition coefficient (Wildman–Crippen LogP) is 3.35. The van der Waals surface area contributed by atoms with Crippen LogP contribution in [0.15, 0.2) is 61.1 Å². The highest BCUT2D eigenvalue weighted by Crippen LogP contribution is 2.36. The van der Waals surface area contributed by atoms with Gasteiger partial charge >= 0.3 is 0 Å². The molecule has 8 heteroatoms. The van der Waals surface area contributed by atoms with E-state index < -0.39 is 5.41 Å². The minimum atomic E-state index is -0.752. The fraction of sp³-hybridized carbons (Fsp3) is 0.217. The Morgan fingerprint density at radius 3 is 2.52 bits per heavy atom. The summed E-state index contributed by atoms with van der Waals surface area (Å²) in [7, 11) is 0. The number of amides is 3. The van der Waals surface area contributed by atoms with Gasteiger partial charge in [-0.05, 0) is 54.8 Å². The number of hydrogen-bond donors (Lipinski definition) is 2. The molecular weight excluding hydrogens is 399 g/mol. The number of rotatable bonds is 5. The third-order valence-corrected chi connectivity index (χ3v) is 5.74. The van der Waals surface area contributed by atoms with Crippen molar-refractivity contribution in [3.8, 4) is 5.69 Å². The summed E-state index contributed by atoms with van der Waals surface area (Å²) < 4.78 is 14.8. The molecule has 158 valence electrons. The van der Waals surface area contributed by atoms with Crippen molar-refractivity contribution in [1.82, 2.24) is 14.9 Å². The Kier molecular flexibility index (Phi) is 5.37. The number of nitrogens with zero attached hydrogens (tertiary/aromatic N) is 2. The average molecular weight is 420 g/mol. The Labute approximate surface area is 178 Å². The van der Waals surface area contributed by atoms with E-state index in [9.17, 15) is 18.8 Å². The van der Waals surface area contributed by atoms with Gasteiger partial charge in [0.1, 0.15) is 11.5 Å². The van der Waals surface area contributed by atoms with Crippen molar-refractivity contribution in [2.75, 3.05) is 5.32 Å². The molecule has 1 aliphatic heterocycles. The molecule has 1 aliphatic rings. The largest absolute Gasteiger partial charge is 0.321 e. The number of aromatic nitrogens is 2. The maximum atomic E-state index is 13.2. The third-order valence-electron chi connectivity index (χ3n) is 5.74. The number of halogens is 1. The number of carbonyl (C=O) groups is 3. The minimum absolute atomic E-state index is 0.254. The summed E-state index contributed by atoms with van der Waals surface area (Å²) in [4.78, 5) is 40.9. The van der Waals surface area contributed by atoms with Gasteiger partial charge in [-0.2, -0.15) is 0 Å². The molecule has 31 heavy (non-hydrogen) atoms. The molecule has 0 saturated carbocycles. The van der Waals surface area contributed by atoms with E-state index in [0.717, 1.165) is 5.56 Å². The normalized spacial score (nSPS) is 18.5. The lowest BCUT2D eigenvalue weighted by molar-refractivity contribution is -0.138. The second-order valence-corrected chi connectivity index (χ2v) is 7.47. The first-order valence-corrected chi connectivity index (χ1v) is 9.97. The molecule has 2 N–H and O–H groups in total. The second kappa shape index (κ2) is 8.14. The van der Waals surface area contributed by atoms with Gasteiger partial charge in [0.2, 0.25) is 11.8 Å². The van der Waals surface area contributed by atoms with Crippen LogP contribution >= 0.6 is 0 Å². The summed E-state index contributed by atoms with van der Waals surface area (Å²) >= 11 is 0. The summed E-state index contributed by atoms with van der Waals surface area (Å²) in [5.41, 5.74) is 1.51. The Morgan fingerprint density at radius 2 is 1.87 bits per heavy atom. The minimum Gasteiger partial charge on any atom is -0.321 e. The van der Waals surface area contributed by atoms with E-state index in [0.29, 0.717) is 36.3 Å². The quantitative estimate of drug-likeness (QED) is 0.619. The molecule has 1 fully saturated rings. The zero-order valence-corrected chi connectivity index (χ0v) is 16.9. The van der Waals surface area contributed by atoms with E-state index in [4.69, 9.17) is 0 Å². The van der Waals surface area contributed by atoms with Gasteiger partial charge in [-0.1, -0.05) is 19.1 Å². The zero-order chi connectivity index (χ0) is 22.0. The molecule has 3 amide bonds. The van der Waals surface area contributed by atoms with Crippen LogP contribution in [0.2, 0.25) is 0 Å². The fourth-order valence-electron chi connectivity index (χ4n) is 3.90. The average Bonchev–Trinajstić information content (AvgIpc) is 3.26. The highest BCUT2D eigenvalue weighted by atomic mass is 19.1. The molecule has 2 heterocycles. The number of imide groups is 1. The van der Waals surface area contributed by atoms with Gasteiger partial charge in [-0.15, -0.1) is 0 Å². The molecule has 4 rings (SSSR count). The van der Waals surface area contributed by atoms with Crippen LogP contribution in [-0.2, 0) is 15.0 Å². The van der Waals surface area contributed by atoms with Gasteiger partial charge in [-0.25, -0.2) is 9.37 Å². The molecule has 1 atom stereocenters. The molecule has 7 nitrogen and oxygen atoms in total. The summed E-state index contributed by atoms with van der Waals surface area (Å²) in [5, 5.41) is 5.25. The van der Waals surface area contributed by atoms with Crippen LogP contribution in [0.4, 0.5) is 10.1 Å². The van der Waals surface area contributed by atoms with Crippen LogP contribution in [0.5, 0.6) is 0 Å². The number of anilines is 1. The standard InChI is InChI=1S/C23H21FN4O3/c1-2-23(12-11-20(29)27-22(23)31)15-3-7-17(8-4-15)26-21(30)19-13-25-14-28(19)18-9-5-16(24)6-10-18/h3-10,13-14H,2,11-12H2,1H3,(H,26,30)(H,27,29,31). The van der Waals surface area contributed by atoms with E-state index in [-0.39, 0.29) is 23.5 Å². The number of benzene rings is 2. The molecule has 0 spiro atoms. The molecule has 1 unspecified atom stereocenters. The highest BCUT2D eigenvalue weighted by molar-refractivity contribution is 6.04.